The minimum Gasteiger partial charge on any atom is -0.357 e. The average molecular weight is 531 g/mol. The fraction of sp³-hybridized carbons (Fsp3) is 0.360. The van der Waals surface area contributed by atoms with Crippen molar-refractivity contribution in [1.29, 1.82) is 0 Å². The molecule has 0 saturated heterocycles. The number of nitrogens with one attached hydrogen (secondary N) is 2. The first-order chi connectivity index (χ1) is 14.7. The number of imidazole rings is 1. The van der Waals surface area contributed by atoms with Gasteiger partial charge in [0.05, 0.1) is 0 Å². The largest absolute Gasteiger partial charge is 0.357 e. The van der Waals surface area contributed by atoms with E-state index in [2.05, 4.69) is 88.6 Å². The molecule has 0 radical (unpaired) electrons. The Morgan fingerprint density at radius 3 is 2.35 bits per heavy atom. The molecule has 5 nitrogen and oxygen atoms in total. The van der Waals surface area contributed by atoms with Gasteiger partial charge in [0.1, 0.15) is 5.82 Å². The van der Waals surface area contributed by atoms with Gasteiger partial charge in [0.15, 0.2) is 5.96 Å². The number of nitrogens with zero attached hydrogens (tertiary/aromatic N) is 3. The van der Waals surface area contributed by atoms with E-state index in [1.165, 1.54) is 11.1 Å². The number of benzene rings is 2. The van der Waals surface area contributed by atoms with Crippen molar-refractivity contribution in [2.24, 2.45) is 4.99 Å². The second-order valence-electron chi connectivity index (χ2n) is 7.54. The van der Waals surface area contributed by atoms with Crippen LogP contribution in [0.25, 0.3) is 0 Å². The molecule has 0 saturated carbocycles. The van der Waals surface area contributed by atoms with Crippen LogP contribution in [0, 0.1) is 0 Å². The van der Waals surface area contributed by atoms with Crippen LogP contribution in [0.1, 0.15) is 37.2 Å². The van der Waals surface area contributed by atoms with Crippen molar-refractivity contribution in [3.8, 4) is 0 Å². The molecule has 0 fully saturated rings. The molecule has 0 aliphatic heterocycles. The molecule has 2 N–H and O–H groups in total. The molecule has 1 atom stereocenters. The summed E-state index contributed by atoms with van der Waals surface area (Å²) < 4.78 is 2.20. The Morgan fingerprint density at radius 2 is 1.68 bits per heavy atom. The highest BCUT2D eigenvalue weighted by Crippen LogP contribution is 2.07. The van der Waals surface area contributed by atoms with Crippen LogP contribution in [0.5, 0.6) is 0 Å². The highest BCUT2D eigenvalue weighted by molar-refractivity contribution is 14.0. The van der Waals surface area contributed by atoms with Crippen molar-refractivity contribution < 1.29 is 0 Å². The first-order valence-electron chi connectivity index (χ1n) is 10.9. The van der Waals surface area contributed by atoms with E-state index in [0.29, 0.717) is 12.6 Å². The zero-order chi connectivity index (χ0) is 21.0. The summed E-state index contributed by atoms with van der Waals surface area (Å²) in [7, 11) is 0. The second-order valence-corrected chi connectivity index (χ2v) is 7.54. The number of aryl methyl sites for hydroxylation is 1. The number of guanidine groups is 1. The van der Waals surface area contributed by atoms with Gasteiger partial charge in [0.2, 0.25) is 0 Å². The summed E-state index contributed by atoms with van der Waals surface area (Å²) in [6, 6.07) is 21.5. The minimum atomic E-state index is 0. The van der Waals surface area contributed by atoms with Crippen LogP contribution in [0.15, 0.2) is 78.0 Å². The van der Waals surface area contributed by atoms with E-state index >= 15 is 0 Å². The Balaban J connectivity index is 0.00000341. The average Bonchev–Trinajstić information content (AvgIpc) is 3.20. The Hall–Kier alpha value is -2.35. The summed E-state index contributed by atoms with van der Waals surface area (Å²) in [6.45, 7) is 6.70. The highest BCUT2D eigenvalue weighted by atomic mass is 127. The van der Waals surface area contributed by atoms with Gasteiger partial charge in [-0.15, -0.1) is 24.0 Å². The molecule has 0 amide bonds. The molecule has 1 heterocycles. The minimum absolute atomic E-state index is 0. The summed E-state index contributed by atoms with van der Waals surface area (Å²) in [4.78, 5) is 9.30. The maximum Gasteiger partial charge on any atom is 0.191 e. The van der Waals surface area contributed by atoms with Gasteiger partial charge in [-0.2, -0.15) is 0 Å². The molecular weight excluding hydrogens is 497 g/mol. The molecule has 3 aromatic rings. The summed E-state index contributed by atoms with van der Waals surface area (Å²) in [6.07, 6.45) is 6.86. The molecular formula is C25H34IN5. The van der Waals surface area contributed by atoms with Gasteiger partial charge < -0.3 is 15.2 Å². The molecule has 31 heavy (non-hydrogen) atoms. The second kappa shape index (κ2) is 13.9. The molecule has 3 rings (SSSR count). The zero-order valence-electron chi connectivity index (χ0n) is 18.5. The normalized spacial score (nSPS) is 12.1. The summed E-state index contributed by atoms with van der Waals surface area (Å²) in [5, 5.41) is 6.89. The lowest BCUT2D eigenvalue weighted by atomic mass is 10.1. The Morgan fingerprint density at radius 1 is 1.00 bits per heavy atom. The van der Waals surface area contributed by atoms with Gasteiger partial charge in [-0.1, -0.05) is 60.7 Å². The van der Waals surface area contributed by atoms with E-state index in [1.54, 1.807) is 0 Å². The molecule has 0 aliphatic carbocycles. The lowest BCUT2D eigenvalue weighted by Gasteiger charge is -2.18. The van der Waals surface area contributed by atoms with E-state index in [0.717, 1.165) is 44.1 Å². The van der Waals surface area contributed by atoms with Gasteiger partial charge in [-0.25, -0.2) is 4.98 Å². The van der Waals surface area contributed by atoms with Crippen molar-refractivity contribution in [2.75, 3.05) is 13.1 Å². The molecule has 1 unspecified atom stereocenters. The van der Waals surface area contributed by atoms with E-state index in [4.69, 9.17) is 4.99 Å². The fourth-order valence-corrected chi connectivity index (χ4v) is 3.41. The van der Waals surface area contributed by atoms with Crippen molar-refractivity contribution >= 4 is 29.9 Å². The van der Waals surface area contributed by atoms with Gasteiger partial charge in [-0.3, -0.25) is 4.99 Å². The van der Waals surface area contributed by atoms with E-state index in [-0.39, 0.29) is 24.0 Å². The van der Waals surface area contributed by atoms with Crippen LogP contribution >= 0.6 is 24.0 Å². The van der Waals surface area contributed by atoms with E-state index in [9.17, 15) is 0 Å². The number of hydrogen-bond donors (Lipinski definition) is 2. The number of aromatic nitrogens is 2. The summed E-state index contributed by atoms with van der Waals surface area (Å²) >= 11 is 0. The van der Waals surface area contributed by atoms with E-state index in [1.807, 2.05) is 18.5 Å². The topological polar surface area (TPSA) is 54.2 Å². The van der Waals surface area contributed by atoms with Crippen LogP contribution in [0.4, 0.5) is 0 Å². The predicted octanol–water partition coefficient (Wildman–Crippen LogP) is 4.67. The molecule has 166 valence electrons. The first-order valence-corrected chi connectivity index (χ1v) is 10.9. The van der Waals surface area contributed by atoms with Crippen LogP contribution in [-0.2, 0) is 19.4 Å². The third kappa shape index (κ3) is 8.73. The fourth-order valence-electron chi connectivity index (χ4n) is 3.41. The number of rotatable bonds is 10. The van der Waals surface area contributed by atoms with Crippen molar-refractivity contribution in [3.05, 3.63) is 90.0 Å². The molecule has 2 aromatic carbocycles. The van der Waals surface area contributed by atoms with Crippen LogP contribution < -0.4 is 10.6 Å². The Kier molecular flexibility index (Phi) is 11.1. The smallest absolute Gasteiger partial charge is 0.191 e. The summed E-state index contributed by atoms with van der Waals surface area (Å²) in [5.41, 5.74) is 2.65. The van der Waals surface area contributed by atoms with Crippen molar-refractivity contribution in [3.63, 3.8) is 0 Å². The lowest BCUT2D eigenvalue weighted by Crippen LogP contribution is -2.42. The van der Waals surface area contributed by atoms with Gasteiger partial charge in [0, 0.05) is 44.5 Å². The van der Waals surface area contributed by atoms with Crippen molar-refractivity contribution in [1.82, 2.24) is 20.2 Å². The number of aliphatic imine (C=N–C) groups is 1. The van der Waals surface area contributed by atoms with Gasteiger partial charge in [0.25, 0.3) is 0 Å². The molecule has 0 bridgehead atoms. The monoisotopic (exact) mass is 531 g/mol. The molecule has 1 aromatic heterocycles. The lowest BCUT2D eigenvalue weighted by molar-refractivity contribution is 0.593. The standard InChI is InChI=1S/C25H33N5.HI/c1-3-26-25(29-21(2)14-15-22-10-6-4-7-11-22)28-17-16-24-27-18-19-30(24)20-23-12-8-5-9-13-23;/h4-13,18-19,21H,3,14-17,20H2,1-2H3,(H2,26,28,29);1H. The zero-order valence-corrected chi connectivity index (χ0v) is 20.8. The first kappa shape index (κ1) is 24.9. The Bertz CT molecular complexity index is 893. The van der Waals surface area contributed by atoms with Gasteiger partial charge >= 0.3 is 0 Å². The van der Waals surface area contributed by atoms with E-state index < -0.39 is 0 Å². The van der Waals surface area contributed by atoms with Crippen LogP contribution in [0.3, 0.4) is 0 Å². The number of halogens is 1. The highest BCUT2D eigenvalue weighted by Gasteiger charge is 2.07. The van der Waals surface area contributed by atoms with Crippen molar-refractivity contribution in [2.45, 2.75) is 45.7 Å². The van der Waals surface area contributed by atoms with Gasteiger partial charge in [-0.05, 0) is 37.8 Å². The Labute approximate surface area is 203 Å². The number of hydrogen-bond acceptors (Lipinski definition) is 2. The SMILES string of the molecule is CCNC(=NCCc1nccn1Cc1ccccc1)NC(C)CCc1ccccc1.I. The maximum atomic E-state index is 4.77. The van der Waals surface area contributed by atoms with Crippen LogP contribution in [-0.4, -0.2) is 34.6 Å². The summed E-state index contributed by atoms with van der Waals surface area (Å²) in [5.74, 6) is 1.94. The quantitative estimate of drug-likeness (QED) is 0.227. The molecule has 0 spiro atoms. The van der Waals surface area contributed by atoms with Crippen LogP contribution in [0.2, 0.25) is 0 Å². The molecule has 0 aliphatic rings. The predicted molar refractivity (Wildman–Crippen MR) is 140 cm³/mol. The molecule has 6 heteroatoms. The third-order valence-electron chi connectivity index (χ3n) is 5.04. The third-order valence-corrected chi connectivity index (χ3v) is 5.04. The maximum absolute atomic E-state index is 4.77.